The highest BCUT2D eigenvalue weighted by Gasteiger charge is 2.34. The van der Waals surface area contributed by atoms with Crippen LogP contribution in [0, 0.1) is 0 Å². The fraction of sp³-hybridized carbons (Fsp3) is 0.278. The standard InChI is InChI=1S/C18H17ClN2O3S/c1-4-13-20-15-14(16(22)21(13)18(2,3)17(23)24)12(9-25-15)10-5-7-11(19)8-6-10/h5-9H,4H2,1-3H3,(H,23,24). The Balaban J connectivity index is 2.37. The number of benzene rings is 1. The van der Waals surface area contributed by atoms with Crippen LogP contribution in [0.25, 0.3) is 21.3 Å². The van der Waals surface area contributed by atoms with Crippen molar-refractivity contribution in [3.8, 4) is 11.1 Å². The third-order valence-electron chi connectivity index (χ3n) is 4.23. The van der Waals surface area contributed by atoms with Gasteiger partial charge in [0.2, 0.25) is 0 Å². The molecule has 0 radical (unpaired) electrons. The number of carboxylic acid groups (broad SMARTS) is 1. The van der Waals surface area contributed by atoms with Crippen molar-refractivity contribution in [3.63, 3.8) is 0 Å². The van der Waals surface area contributed by atoms with Gasteiger partial charge in [-0.2, -0.15) is 0 Å². The molecule has 1 N–H and O–H groups in total. The maximum absolute atomic E-state index is 13.2. The van der Waals surface area contributed by atoms with Gasteiger partial charge < -0.3 is 5.11 Å². The maximum Gasteiger partial charge on any atom is 0.329 e. The second kappa shape index (κ2) is 6.28. The Bertz CT molecular complexity index is 1020. The second-order valence-corrected chi connectivity index (χ2v) is 7.52. The highest BCUT2D eigenvalue weighted by atomic mass is 35.5. The van der Waals surface area contributed by atoms with E-state index in [1.165, 1.54) is 29.8 Å². The van der Waals surface area contributed by atoms with E-state index in [0.29, 0.717) is 27.5 Å². The van der Waals surface area contributed by atoms with Crippen molar-refractivity contribution in [3.05, 3.63) is 50.8 Å². The number of aryl methyl sites for hydroxylation is 1. The first-order chi connectivity index (χ1) is 11.8. The Morgan fingerprint density at radius 2 is 1.96 bits per heavy atom. The van der Waals surface area contributed by atoms with E-state index in [2.05, 4.69) is 4.98 Å². The first-order valence-corrected chi connectivity index (χ1v) is 9.06. The molecule has 5 nitrogen and oxygen atoms in total. The molecule has 0 saturated heterocycles. The Morgan fingerprint density at radius 3 is 2.52 bits per heavy atom. The van der Waals surface area contributed by atoms with Gasteiger partial charge in [-0.15, -0.1) is 11.3 Å². The fourth-order valence-corrected chi connectivity index (χ4v) is 3.87. The van der Waals surface area contributed by atoms with Gasteiger partial charge in [-0.3, -0.25) is 9.36 Å². The van der Waals surface area contributed by atoms with Crippen molar-refractivity contribution in [2.45, 2.75) is 32.7 Å². The quantitative estimate of drug-likeness (QED) is 0.742. The van der Waals surface area contributed by atoms with Crippen LogP contribution in [-0.2, 0) is 16.8 Å². The van der Waals surface area contributed by atoms with Crippen LogP contribution in [0.5, 0.6) is 0 Å². The molecule has 0 aliphatic heterocycles. The predicted molar refractivity (Wildman–Crippen MR) is 101 cm³/mol. The molecule has 0 unspecified atom stereocenters. The van der Waals surface area contributed by atoms with Crippen LogP contribution in [0.2, 0.25) is 5.02 Å². The number of halogens is 1. The van der Waals surface area contributed by atoms with E-state index in [-0.39, 0.29) is 5.56 Å². The lowest BCUT2D eigenvalue weighted by Gasteiger charge is -2.25. The van der Waals surface area contributed by atoms with E-state index in [4.69, 9.17) is 11.6 Å². The summed E-state index contributed by atoms with van der Waals surface area (Å²) in [7, 11) is 0. The third-order valence-corrected chi connectivity index (χ3v) is 5.36. The molecule has 130 valence electrons. The van der Waals surface area contributed by atoms with Gasteiger partial charge >= 0.3 is 5.97 Å². The van der Waals surface area contributed by atoms with Crippen LogP contribution >= 0.6 is 22.9 Å². The number of carboxylic acids is 1. The van der Waals surface area contributed by atoms with Gasteiger partial charge in [0, 0.05) is 22.4 Å². The Morgan fingerprint density at radius 1 is 1.32 bits per heavy atom. The van der Waals surface area contributed by atoms with Crippen molar-refractivity contribution >= 4 is 39.1 Å². The van der Waals surface area contributed by atoms with E-state index in [0.717, 1.165) is 11.1 Å². The number of rotatable bonds is 4. The van der Waals surface area contributed by atoms with Gasteiger partial charge in [0.1, 0.15) is 16.2 Å². The van der Waals surface area contributed by atoms with Crippen LogP contribution in [0.1, 0.15) is 26.6 Å². The van der Waals surface area contributed by atoms with Crippen molar-refractivity contribution in [2.75, 3.05) is 0 Å². The van der Waals surface area contributed by atoms with Crippen LogP contribution < -0.4 is 5.56 Å². The Hall–Kier alpha value is -2.18. The lowest BCUT2D eigenvalue weighted by atomic mass is 10.0. The Labute approximate surface area is 153 Å². The fourth-order valence-electron chi connectivity index (χ4n) is 2.78. The summed E-state index contributed by atoms with van der Waals surface area (Å²) in [5, 5.41) is 12.5. The molecule has 1 aromatic carbocycles. The largest absolute Gasteiger partial charge is 0.480 e. The minimum absolute atomic E-state index is 0.333. The predicted octanol–water partition coefficient (Wildman–Crippen LogP) is 4.16. The van der Waals surface area contributed by atoms with Gasteiger partial charge in [-0.25, -0.2) is 9.78 Å². The summed E-state index contributed by atoms with van der Waals surface area (Å²) in [5.74, 6) is -0.608. The minimum Gasteiger partial charge on any atom is -0.480 e. The SMILES string of the molecule is CCc1nc2scc(-c3ccc(Cl)cc3)c2c(=O)n1C(C)(C)C(=O)O. The normalized spacial score (nSPS) is 11.8. The lowest BCUT2D eigenvalue weighted by Crippen LogP contribution is -2.44. The smallest absolute Gasteiger partial charge is 0.329 e. The molecule has 0 atom stereocenters. The summed E-state index contributed by atoms with van der Waals surface area (Å²) in [6.07, 6.45) is 0.468. The molecule has 0 bridgehead atoms. The monoisotopic (exact) mass is 376 g/mol. The molecule has 2 aromatic heterocycles. The van der Waals surface area contributed by atoms with Crippen LogP contribution in [0.15, 0.2) is 34.4 Å². The van der Waals surface area contributed by atoms with E-state index in [1.807, 2.05) is 24.4 Å². The molecule has 3 aromatic rings. The van der Waals surface area contributed by atoms with Crippen molar-refractivity contribution in [1.82, 2.24) is 9.55 Å². The number of fused-ring (bicyclic) bond motifs is 1. The molecular formula is C18H17ClN2O3S. The molecule has 0 saturated carbocycles. The lowest BCUT2D eigenvalue weighted by molar-refractivity contribution is -0.146. The zero-order chi connectivity index (χ0) is 18.4. The zero-order valence-electron chi connectivity index (χ0n) is 14.0. The molecule has 3 rings (SSSR count). The van der Waals surface area contributed by atoms with Crippen molar-refractivity contribution in [2.24, 2.45) is 0 Å². The van der Waals surface area contributed by atoms with E-state index < -0.39 is 11.5 Å². The molecule has 0 spiro atoms. The number of thiophene rings is 1. The molecule has 0 aliphatic rings. The summed E-state index contributed by atoms with van der Waals surface area (Å²) >= 11 is 7.32. The highest BCUT2D eigenvalue weighted by molar-refractivity contribution is 7.17. The van der Waals surface area contributed by atoms with E-state index >= 15 is 0 Å². The van der Waals surface area contributed by atoms with Crippen LogP contribution in [-0.4, -0.2) is 20.6 Å². The topological polar surface area (TPSA) is 72.2 Å². The average Bonchev–Trinajstić information content (AvgIpc) is 2.99. The number of nitrogens with zero attached hydrogens (tertiary/aromatic N) is 2. The number of hydrogen-bond acceptors (Lipinski definition) is 4. The van der Waals surface area contributed by atoms with Gasteiger partial charge in [-0.1, -0.05) is 30.7 Å². The summed E-state index contributed by atoms with van der Waals surface area (Å²) in [6, 6.07) is 7.19. The Kier molecular flexibility index (Phi) is 4.43. The summed E-state index contributed by atoms with van der Waals surface area (Å²) in [6.45, 7) is 4.88. The molecule has 0 aliphatic carbocycles. The summed E-state index contributed by atoms with van der Waals surface area (Å²) in [4.78, 5) is 30.1. The average molecular weight is 377 g/mol. The van der Waals surface area contributed by atoms with Gasteiger partial charge in [-0.05, 0) is 31.5 Å². The number of hydrogen-bond donors (Lipinski definition) is 1. The molecule has 7 heteroatoms. The molecule has 2 heterocycles. The summed E-state index contributed by atoms with van der Waals surface area (Å²) in [5.41, 5.74) is -0.131. The second-order valence-electron chi connectivity index (χ2n) is 6.22. The number of carbonyl (C=O) groups is 1. The zero-order valence-corrected chi connectivity index (χ0v) is 15.6. The van der Waals surface area contributed by atoms with Crippen LogP contribution in [0.4, 0.5) is 0 Å². The van der Waals surface area contributed by atoms with Crippen molar-refractivity contribution in [1.29, 1.82) is 0 Å². The third kappa shape index (κ3) is 2.85. The van der Waals surface area contributed by atoms with Gasteiger partial charge in [0.15, 0.2) is 0 Å². The number of aromatic nitrogens is 2. The van der Waals surface area contributed by atoms with Gasteiger partial charge in [0.05, 0.1) is 5.39 Å². The molecule has 0 amide bonds. The first-order valence-electron chi connectivity index (χ1n) is 7.80. The minimum atomic E-state index is -1.39. The van der Waals surface area contributed by atoms with Gasteiger partial charge in [0.25, 0.3) is 5.56 Å². The highest BCUT2D eigenvalue weighted by Crippen LogP contribution is 2.32. The van der Waals surface area contributed by atoms with E-state index in [9.17, 15) is 14.7 Å². The first kappa shape index (κ1) is 17.6. The molecular weight excluding hydrogens is 360 g/mol. The molecule has 25 heavy (non-hydrogen) atoms. The van der Waals surface area contributed by atoms with Crippen molar-refractivity contribution < 1.29 is 9.90 Å². The molecule has 0 fully saturated rings. The summed E-state index contributed by atoms with van der Waals surface area (Å²) < 4.78 is 1.30. The maximum atomic E-state index is 13.2. The van der Waals surface area contributed by atoms with E-state index in [1.54, 1.807) is 12.1 Å². The van der Waals surface area contributed by atoms with Crippen LogP contribution in [0.3, 0.4) is 0 Å². The number of aliphatic carboxylic acids is 1.